The molecule has 1 aromatic heterocycles. The molecule has 0 aliphatic rings. The third-order valence-electron chi connectivity index (χ3n) is 4.27. The van der Waals surface area contributed by atoms with Crippen molar-refractivity contribution in [3.05, 3.63) is 30.0 Å². The number of ether oxygens (including phenoxy) is 3. The van der Waals surface area contributed by atoms with Gasteiger partial charge in [0.05, 0.1) is 18.0 Å². The molecule has 1 atom stereocenters. The molecule has 0 fully saturated rings. The van der Waals surface area contributed by atoms with E-state index in [-0.39, 0.29) is 0 Å². The molecule has 0 aliphatic carbocycles. The number of hydrogen-bond acceptors (Lipinski definition) is 6. The Morgan fingerprint density at radius 3 is 2.43 bits per heavy atom. The average molecular weight is 390 g/mol. The van der Waals surface area contributed by atoms with Gasteiger partial charge in [-0.15, -0.1) is 0 Å². The maximum Gasteiger partial charge on any atom is 0.421 e. The van der Waals surface area contributed by atoms with Crippen molar-refractivity contribution in [1.29, 1.82) is 0 Å². The molecule has 7 nitrogen and oxygen atoms in total. The van der Waals surface area contributed by atoms with Gasteiger partial charge in [-0.2, -0.15) is 0 Å². The molecule has 0 spiro atoms. The van der Waals surface area contributed by atoms with Crippen LogP contribution in [0.2, 0.25) is 0 Å². The first kappa shape index (κ1) is 21.8. The van der Waals surface area contributed by atoms with Crippen LogP contribution in [0.3, 0.4) is 0 Å². The summed E-state index contributed by atoms with van der Waals surface area (Å²) in [5, 5.41) is 0.957. The van der Waals surface area contributed by atoms with Gasteiger partial charge in [-0.25, -0.2) is 4.79 Å². The van der Waals surface area contributed by atoms with E-state index >= 15 is 0 Å². The SMILES string of the molecule is COc1ccc2c(CCN(C)C)cn(C(=O)OC(C)OC(=O)C(C)(C)C)c2c1. The molecule has 0 aliphatic heterocycles. The highest BCUT2D eigenvalue weighted by Gasteiger charge is 2.27. The van der Waals surface area contributed by atoms with Crippen LogP contribution >= 0.6 is 0 Å². The molecular formula is C21H30N2O5. The first-order valence-corrected chi connectivity index (χ1v) is 9.27. The predicted molar refractivity (Wildman–Crippen MR) is 108 cm³/mol. The van der Waals surface area contributed by atoms with Gasteiger partial charge in [-0.05, 0) is 59.0 Å². The fraction of sp³-hybridized carbons (Fsp3) is 0.524. The van der Waals surface area contributed by atoms with E-state index in [2.05, 4.69) is 4.90 Å². The van der Waals surface area contributed by atoms with Crippen molar-refractivity contribution in [2.75, 3.05) is 27.7 Å². The molecule has 7 heteroatoms. The molecule has 1 heterocycles. The number of aromatic nitrogens is 1. The Morgan fingerprint density at radius 2 is 1.86 bits per heavy atom. The number of benzene rings is 1. The zero-order valence-corrected chi connectivity index (χ0v) is 17.7. The summed E-state index contributed by atoms with van der Waals surface area (Å²) in [7, 11) is 5.58. The van der Waals surface area contributed by atoms with Crippen LogP contribution in [0.4, 0.5) is 4.79 Å². The van der Waals surface area contributed by atoms with E-state index < -0.39 is 23.8 Å². The standard InChI is InChI=1S/C21H30N2O5/c1-14(27-19(24)21(2,3)4)28-20(25)23-13-15(10-11-22(5)6)17-9-8-16(26-7)12-18(17)23/h8-9,12-14H,10-11H2,1-7H3. The summed E-state index contributed by atoms with van der Waals surface area (Å²) in [4.78, 5) is 26.8. The van der Waals surface area contributed by atoms with Crippen LogP contribution in [0.1, 0.15) is 33.3 Å². The summed E-state index contributed by atoms with van der Waals surface area (Å²) in [5.41, 5.74) is 1.04. The fourth-order valence-corrected chi connectivity index (χ4v) is 2.65. The number of carbonyl (C=O) groups is 2. The highest BCUT2D eigenvalue weighted by molar-refractivity contribution is 5.93. The third kappa shape index (κ3) is 5.25. The number of esters is 1. The lowest BCUT2D eigenvalue weighted by Crippen LogP contribution is -2.30. The van der Waals surface area contributed by atoms with Gasteiger partial charge in [-0.1, -0.05) is 0 Å². The van der Waals surface area contributed by atoms with Gasteiger partial charge >= 0.3 is 12.1 Å². The lowest BCUT2D eigenvalue weighted by Gasteiger charge is -2.20. The van der Waals surface area contributed by atoms with E-state index in [4.69, 9.17) is 14.2 Å². The van der Waals surface area contributed by atoms with Crippen LogP contribution in [0.5, 0.6) is 5.75 Å². The summed E-state index contributed by atoms with van der Waals surface area (Å²) in [6.07, 6.45) is 0.954. The van der Waals surface area contributed by atoms with E-state index in [1.807, 2.05) is 26.2 Å². The third-order valence-corrected chi connectivity index (χ3v) is 4.27. The molecule has 28 heavy (non-hydrogen) atoms. The first-order valence-electron chi connectivity index (χ1n) is 9.27. The van der Waals surface area contributed by atoms with Crippen LogP contribution in [0.25, 0.3) is 10.9 Å². The molecule has 154 valence electrons. The lowest BCUT2D eigenvalue weighted by molar-refractivity contribution is -0.174. The molecule has 1 unspecified atom stereocenters. The maximum absolute atomic E-state index is 12.7. The van der Waals surface area contributed by atoms with E-state index in [9.17, 15) is 9.59 Å². The van der Waals surface area contributed by atoms with E-state index in [0.29, 0.717) is 11.3 Å². The largest absolute Gasteiger partial charge is 0.497 e. The van der Waals surface area contributed by atoms with Crippen LogP contribution in [0.15, 0.2) is 24.4 Å². The Kier molecular flexibility index (Phi) is 6.72. The average Bonchev–Trinajstić information content (AvgIpc) is 2.96. The summed E-state index contributed by atoms with van der Waals surface area (Å²) in [6.45, 7) is 7.60. The second-order valence-electron chi connectivity index (χ2n) is 8.07. The summed E-state index contributed by atoms with van der Waals surface area (Å²) < 4.78 is 17.3. The van der Waals surface area contributed by atoms with Crippen LogP contribution in [-0.2, 0) is 20.7 Å². The van der Waals surface area contributed by atoms with Gasteiger partial charge in [0, 0.05) is 31.1 Å². The quantitative estimate of drug-likeness (QED) is 0.554. The first-order chi connectivity index (χ1) is 13.0. The van der Waals surface area contributed by atoms with Gasteiger partial charge in [0.2, 0.25) is 6.29 Å². The Bertz CT molecular complexity index is 848. The van der Waals surface area contributed by atoms with Crippen molar-refractivity contribution in [3.63, 3.8) is 0 Å². The molecular weight excluding hydrogens is 360 g/mol. The maximum atomic E-state index is 12.7. The molecule has 1 aromatic carbocycles. The van der Waals surface area contributed by atoms with E-state index in [0.717, 1.165) is 23.9 Å². The molecule has 0 bridgehead atoms. The number of hydrogen-bond donors (Lipinski definition) is 0. The number of fused-ring (bicyclic) bond motifs is 1. The number of rotatable bonds is 6. The smallest absolute Gasteiger partial charge is 0.421 e. The highest BCUT2D eigenvalue weighted by Crippen LogP contribution is 2.27. The normalized spacial score (nSPS) is 12.9. The van der Waals surface area contributed by atoms with Crippen molar-refractivity contribution >= 4 is 23.0 Å². The van der Waals surface area contributed by atoms with Gasteiger partial charge in [0.1, 0.15) is 5.75 Å². The monoisotopic (exact) mass is 390 g/mol. The number of nitrogens with zero attached hydrogens (tertiary/aromatic N) is 2. The summed E-state index contributed by atoms with van der Waals surface area (Å²) >= 11 is 0. The van der Waals surface area contributed by atoms with Crippen molar-refractivity contribution in [2.24, 2.45) is 5.41 Å². The van der Waals surface area contributed by atoms with Crippen molar-refractivity contribution in [3.8, 4) is 5.75 Å². The number of carbonyl (C=O) groups excluding carboxylic acids is 2. The minimum atomic E-state index is -0.993. The molecule has 2 rings (SSSR count). The van der Waals surface area contributed by atoms with Crippen LogP contribution in [-0.4, -0.2) is 55.6 Å². The Hall–Kier alpha value is -2.54. The van der Waals surface area contributed by atoms with Crippen LogP contribution in [0, 0.1) is 5.41 Å². The molecule has 0 radical (unpaired) electrons. The predicted octanol–water partition coefficient (Wildman–Crippen LogP) is 3.67. The summed E-state index contributed by atoms with van der Waals surface area (Å²) in [5.74, 6) is 0.213. The number of likely N-dealkylation sites (N-methyl/N-ethyl adjacent to an activating group) is 1. The van der Waals surface area contributed by atoms with Gasteiger partial charge in [0.25, 0.3) is 0 Å². The van der Waals surface area contributed by atoms with Crippen molar-refractivity contribution in [1.82, 2.24) is 9.47 Å². The topological polar surface area (TPSA) is 70.0 Å². The molecule has 0 amide bonds. The minimum Gasteiger partial charge on any atom is -0.497 e. The van der Waals surface area contributed by atoms with Gasteiger partial charge in [-0.3, -0.25) is 9.36 Å². The van der Waals surface area contributed by atoms with Crippen LogP contribution < -0.4 is 4.74 Å². The van der Waals surface area contributed by atoms with E-state index in [1.54, 1.807) is 40.1 Å². The van der Waals surface area contributed by atoms with E-state index in [1.165, 1.54) is 11.5 Å². The van der Waals surface area contributed by atoms with Crippen molar-refractivity contribution in [2.45, 2.75) is 40.4 Å². The Balaban J connectivity index is 2.28. The van der Waals surface area contributed by atoms with Gasteiger partial charge in [0.15, 0.2) is 0 Å². The molecule has 0 N–H and O–H groups in total. The Labute approximate surface area is 166 Å². The summed E-state index contributed by atoms with van der Waals surface area (Å²) in [6, 6.07) is 5.60. The second kappa shape index (κ2) is 8.65. The van der Waals surface area contributed by atoms with Gasteiger partial charge < -0.3 is 19.1 Å². The zero-order chi connectivity index (χ0) is 21.1. The minimum absolute atomic E-state index is 0.432. The number of methoxy groups -OCH3 is 1. The lowest BCUT2D eigenvalue weighted by atomic mass is 9.97. The second-order valence-corrected chi connectivity index (χ2v) is 8.07. The zero-order valence-electron chi connectivity index (χ0n) is 17.7. The fourth-order valence-electron chi connectivity index (χ4n) is 2.65. The molecule has 0 saturated heterocycles. The molecule has 0 saturated carbocycles. The molecule has 2 aromatic rings. The Morgan fingerprint density at radius 1 is 1.18 bits per heavy atom. The highest BCUT2D eigenvalue weighted by atomic mass is 16.7. The van der Waals surface area contributed by atoms with Crippen molar-refractivity contribution < 1.29 is 23.8 Å².